The number of carbonyl (C=O) groups is 2. The zero-order valence-electron chi connectivity index (χ0n) is 15.7. The summed E-state index contributed by atoms with van der Waals surface area (Å²) in [5.41, 5.74) is 9.42. The van der Waals surface area contributed by atoms with Crippen molar-refractivity contribution >= 4 is 23.4 Å². The monoisotopic (exact) mass is 403 g/mol. The van der Waals surface area contributed by atoms with E-state index in [2.05, 4.69) is 5.43 Å². The maximum absolute atomic E-state index is 14.8. The van der Waals surface area contributed by atoms with Gasteiger partial charge >= 0.3 is 12.0 Å². The number of ether oxygens (including phenoxy) is 1. The van der Waals surface area contributed by atoms with Crippen LogP contribution >= 0.6 is 0 Å². The summed E-state index contributed by atoms with van der Waals surface area (Å²) in [4.78, 5) is 27.6. The summed E-state index contributed by atoms with van der Waals surface area (Å²) in [6, 6.07) is 7.89. The molecule has 2 aliphatic rings. The lowest BCUT2D eigenvalue weighted by Gasteiger charge is -2.24. The summed E-state index contributed by atoms with van der Waals surface area (Å²) in [6.07, 6.45) is 0.526. The Morgan fingerprint density at radius 3 is 2.83 bits per heavy atom. The van der Waals surface area contributed by atoms with E-state index < -0.39 is 11.9 Å². The number of nitrogens with one attached hydrogen (secondary N) is 1. The lowest BCUT2D eigenvalue weighted by atomic mass is 10.2. The molecular formula is C19H22FN5O4. The number of benzene rings is 1. The number of nitrogens with two attached hydrogens (primary N) is 1. The van der Waals surface area contributed by atoms with Gasteiger partial charge in [0.25, 0.3) is 0 Å². The van der Waals surface area contributed by atoms with Crippen LogP contribution in [0, 0.1) is 5.82 Å². The Balaban J connectivity index is 1.45. The summed E-state index contributed by atoms with van der Waals surface area (Å²) < 4.78 is 25.1. The van der Waals surface area contributed by atoms with Crippen LogP contribution in [0.3, 0.4) is 0 Å². The van der Waals surface area contributed by atoms with E-state index in [4.69, 9.17) is 14.9 Å². The van der Waals surface area contributed by atoms with Gasteiger partial charge in [-0.1, -0.05) is 0 Å². The van der Waals surface area contributed by atoms with Crippen LogP contribution in [-0.2, 0) is 4.74 Å². The Morgan fingerprint density at radius 2 is 2.14 bits per heavy atom. The predicted octanol–water partition coefficient (Wildman–Crippen LogP) is 1.17. The van der Waals surface area contributed by atoms with Crippen molar-refractivity contribution in [1.29, 1.82) is 0 Å². The van der Waals surface area contributed by atoms with Crippen molar-refractivity contribution in [3.05, 3.63) is 48.2 Å². The molecule has 2 saturated heterocycles. The van der Waals surface area contributed by atoms with E-state index in [0.29, 0.717) is 44.1 Å². The molecule has 154 valence electrons. The molecule has 0 unspecified atom stereocenters. The fourth-order valence-electron chi connectivity index (χ4n) is 3.45. The van der Waals surface area contributed by atoms with Crippen LogP contribution in [0.1, 0.15) is 10.6 Å². The van der Waals surface area contributed by atoms with Crippen LogP contribution in [0.15, 0.2) is 41.0 Å². The number of rotatable bonds is 4. The number of halogens is 1. The average Bonchev–Trinajstić information content (AvgIpc) is 3.32. The summed E-state index contributed by atoms with van der Waals surface area (Å²) in [5, 5.41) is 1.47. The van der Waals surface area contributed by atoms with Crippen LogP contribution in [0.5, 0.6) is 0 Å². The number of amides is 2. The molecule has 2 fully saturated rings. The highest BCUT2D eigenvalue weighted by atomic mass is 19.1. The fraction of sp³-hybridized carbons (Fsp3) is 0.368. The van der Waals surface area contributed by atoms with E-state index in [-0.39, 0.29) is 24.3 Å². The largest absolute Gasteiger partial charge is 0.459 e. The van der Waals surface area contributed by atoms with E-state index in [9.17, 15) is 14.0 Å². The van der Waals surface area contributed by atoms with Crippen molar-refractivity contribution in [2.45, 2.75) is 6.10 Å². The van der Waals surface area contributed by atoms with Crippen molar-refractivity contribution < 1.29 is 23.1 Å². The van der Waals surface area contributed by atoms with E-state index >= 15 is 0 Å². The van der Waals surface area contributed by atoms with Gasteiger partial charge < -0.3 is 19.8 Å². The topological polar surface area (TPSA) is 104 Å². The van der Waals surface area contributed by atoms with E-state index in [1.807, 2.05) is 4.90 Å². The molecule has 3 heterocycles. The zero-order valence-corrected chi connectivity index (χ0v) is 15.7. The van der Waals surface area contributed by atoms with Crippen LogP contribution < -0.4 is 21.0 Å². The molecule has 1 atom stereocenters. The first-order valence-corrected chi connectivity index (χ1v) is 9.38. The number of hydrogen-bond donors (Lipinski definition) is 2. The summed E-state index contributed by atoms with van der Waals surface area (Å²) >= 11 is 0. The van der Waals surface area contributed by atoms with Crippen molar-refractivity contribution in [3.63, 3.8) is 0 Å². The van der Waals surface area contributed by atoms with Gasteiger partial charge in [-0.3, -0.25) is 14.7 Å². The normalized spacial score (nSPS) is 20.0. The van der Waals surface area contributed by atoms with Gasteiger partial charge in [-0.2, -0.15) is 0 Å². The van der Waals surface area contributed by atoms with Gasteiger partial charge in [-0.05, 0) is 30.3 Å². The predicted molar refractivity (Wildman–Crippen MR) is 103 cm³/mol. The van der Waals surface area contributed by atoms with E-state index in [1.165, 1.54) is 22.2 Å². The number of anilines is 2. The molecule has 0 saturated carbocycles. The molecule has 1 aromatic heterocycles. The first-order chi connectivity index (χ1) is 14.1. The quantitative estimate of drug-likeness (QED) is 0.790. The van der Waals surface area contributed by atoms with Crippen LogP contribution in [0.2, 0.25) is 0 Å². The summed E-state index contributed by atoms with van der Waals surface area (Å²) in [5.74, 6) is -0.471. The van der Waals surface area contributed by atoms with Crippen molar-refractivity contribution in [1.82, 2.24) is 10.4 Å². The molecule has 1 aromatic carbocycles. The van der Waals surface area contributed by atoms with Crippen molar-refractivity contribution in [2.24, 2.45) is 5.73 Å². The minimum absolute atomic E-state index is 0.219. The highest BCUT2D eigenvalue weighted by Gasteiger charge is 2.32. The second kappa shape index (κ2) is 8.10. The molecular weight excluding hydrogens is 381 g/mol. The molecule has 4 rings (SSSR count). The summed E-state index contributed by atoms with van der Waals surface area (Å²) in [6.45, 7) is 2.29. The zero-order chi connectivity index (χ0) is 20.4. The van der Waals surface area contributed by atoms with Crippen molar-refractivity contribution in [2.75, 3.05) is 49.1 Å². The van der Waals surface area contributed by atoms with Crippen LogP contribution in [-0.4, -0.2) is 62.4 Å². The number of hydrazine groups is 1. The molecule has 2 aromatic rings. The number of carbonyl (C=O) groups excluding carboxylic acids is 2. The third-order valence-electron chi connectivity index (χ3n) is 4.98. The molecule has 0 bridgehead atoms. The Morgan fingerprint density at radius 1 is 1.28 bits per heavy atom. The SMILES string of the molecule is NC[C@H]1CN(c2ccc(N3CCNN(C(=O)c4ccco4)CC3)c(F)c2)C(=O)O1. The van der Waals surface area contributed by atoms with Gasteiger partial charge in [0.05, 0.1) is 30.7 Å². The number of furan rings is 1. The second-order valence-electron chi connectivity index (χ2n) is 6.82. The van der Waals surface area contributed by atoms with Crippen molar-refractivity contribution in [3.8, 4) is 0 Å². The Hall–Kier alpha value is -3.11. The number of hydrogen-bond acceptors (Lipinski definition) is 7. The molecule has 0 aliphatic carbocycles. The Bertz CT molecular complexity index is 891. The first kappa shape index (κ1) is 19.2. The first-order valence-electron chi connectivity index (χ1n) is 9.38. The molecule has 2 amide bonds. The Kier molecular flexibility index (Phi) is 5.36. The third-order valence-corrected chi connectivity index (χ3v) is 4.98. The standard InChI is InChI=1S/C19H22FN5O4/c20-15-10-13(24-12-14(11-21)29-19(24)27)3-4-16(15)23-6-5-22-25(8-7-23)18(26)17-2-1-9-28-17/h1-4,9-10,14,22H,5-8,11-12,21H2/t14-/m0/s1. The average molecular weight is 403 g/mol. The van der Waals surface area contributed by atoms with E-state index in [1.54, 1.807) is 24.3 Å². The highest BCUT2D eigenvalue weighted by molar-refractivity contribution is 5.91. The third kappa shape index (κ3) is 3.89. The minimum atomic E-state index is -0.529. The maximum atomic E-state index is 14.8. The number of nitrogens with zero attached hydrogens (tertiary/aromatic N) is 3. The van der Waals surface area contributed by atoms with Gasteiger partial charge in [0.2, 0.25) is 0 Å². The van der Waals surface area contributed by atoms with Gasteiger partial charge in [-0.15, -0.1) is 0 Å². The smallest absolute Gasteiger partial charge is 0.414 e. The minimum Gasteiger partial charge on any atom is -0.459 e. The number of cyclic esters (lactones) is 1. The van der Waals surface area contributed by atoms with Crippen LogP contribution in [0.25, 0.3) is 0 Å². The highest BCUT2D eigenvalue weighted by Crippen LogP contribution is 2.28. The summed E-state index contributed by atoms with van der Waals surface area (Å²) in [7, 11) is 0. The molecule has 29 heavy (non-hydrogen) atoms. The van der Waals surface area contributed by atoms with Gasteiger partial charge in [-0.25, -0.2) is 14.6 Å². The molecule has 10 heteroatoms. The molecule has 0 spiro atoms. The molecule has 3 N–H and O–H groups in total. The molecule has 2 aliphatic heterocycles. The molecule has 0 radical (unpaired) electrons. The van der Waals surface area contributed by atoms with Crippen LogP contribution in [0.4, 0.5) is 20.6 Å². The van der Waals surface area contributed by atoms with Gasteiger partial charge in [0, 0.05) is 26.2 Å². The Labute approximate surface area is 166 Å². The maximum Gasteiger partial charge on any atom is 0.414 e. The van der Waals surface area contributed by atoms with Gasteiger partial charge in [0.15, 0.2) is 5.76 Å². The second-order valence-corrected chi connectivity index (χ2v) is 6.82. The lowest BCUT2D eigenvalue weighted by Crippen LogP contribution is -2.43. The lowest BCUT2D eigenvalue weighted by molar-refractivity contribution is 0.0648. The van der Waals surface area contributed by atoms with E-state index in [0.717, 1.165) is 0 Å². The van der Waals surface area contributed by atoms with Gasteiger partial charge in [0.1, 0.15) is 11.9 Å². The fourth-order valence-corrected chi connectivity index (χ4v) is 3.45. The molecule has 9 nitrogen and oxygen atoms in total.